The fraction of sp³-hybridized carbons (Fsp3) is 0.212. The van der Waals surface area contributed by atoms with Crippen LogP contribution in [0.3, 0.4) is 0 Å². The van der Waals surface area contributed by atoms with Crippen LogP contribution in [0.15, 0.2) is 94.4 Å². The smallest absolute Gasteiger partial charge is 0.325 e. The molecule has 2 heterocycles. The van der Waals surface area contributed by atoms with Crippen LogP contribution >= 0.6 is 12.2 Å². The van der Waals surface area contributed by atoms with E-state index in [1.165, 1.54) is 4.68 Å². The van der Waals surface area contributed by atoms with E-state index in [-0.39, 0.29) is 36.7 Å². The minimum absolute atomic E-state index is 0.0195. The lowest BCUT2D eigenvalue weighted by Crippen LogP contribution is -2.42. The topological polar surface area (TPSA) is 118 Å². The first-order valence-corrected chi connectivity index (χ1v) is 14.7. The maximum atomic E-state index is 13.6. The van der Waals surface area contributed by atoms with Gasteiger partial charge in [-0.2, -0.15) is 0 Å². The summed E-state index contributed by atoms with van der Waals surface area (Å²) in [6.45, 7) is 0.0785. The number of carbonyl (C=O) groups excluding carboxylic acids is 2. The molecule has 222 valence electrons. The first-order valence-electron chi connectivity index (χ1n) is 14.3. The minimum atomic E-state index is -0.830. The van der Waals surface area contributed by atoms with Crippen LogP contribution in [0.2, 0.25) is 0 Å². The summed E-state index contributed by atoms with van der Waals surface area (Å²) in [5.74, 6) is -1.00. The van der Waals surface area contributed by atoms with Crippen molar-refractivity contribution < 1.29 is 23.9 Å². The molecule has 1 saturated carbocycles. The van der Waals surface area contributed by atoms with E-state index in [0.29, 0.717) is 22.1 Å². The van der Waals surface area contributed by atoms with Crippen LogP contribution < -0.4 is 15.1 Å². The molecule has 0 radical (unpaired) electrons. The number of nitrogens with zero attached hydrogens (tertiary/aromatic N) is 5. The van der Waals surface area contributed by atoms with Gasteiger partial charge in [0.2, 0.25) is 11.2 Å². The average molecular weight is 607 g/mol. The summed E-state index contributed by atoms with van der Waals surface area (Å²) in [6, 6.07) is 25.3. The van der Waals surface area contributed by atoms with Crippen LogP contribution in [0.5, 0.6) is 0 Å². The number of nitrogens with one attached hydrogen (secondary N) is 1. The van der Waals surface area contributed by atoms with Gasteiger partial charge in [-0.25, -0.2) is 4.99 Å². The largest absolute Gasteiger partial charge is 0.858 e. The van der Waals surface area contributed by atoms with Gasteiger partial charge in [-0.05, 0) is 64.5 Å². The Kier molecular flexibility index (Phi) is 8.29. The summed E-state index contributed by atoms with van der Waals surface area (Å²) in [4.78, 5) is 34.3. The number of amides is 2. The predicted molar refractivity (Wildman–Crippen MR) is 167 cm³/mol. The van der Waals surface area contributed by atoms with Crippen molar-refractivity contribution in [1.29, 1.82) is 0 Å². The number of carbonyl (C=O) groups is 2. The number of aromatic nitrogens is 2. The van der Waals surface area contributed by atoms with Gasteiger partial charge in [0.25, 0.3) is 11.6 Å². The molecule has 1 aromatic heterocycles. The zero-order valence-corrected chi connectivity index (χ0v) is 24.8. The number of rotatable bonds is 10. The van der Waals surface area contributed by atoms with Gasteiger partial charge < -0.3 is 15.3 Å². The number of hydrogen-bond donors (Lipinski definition) is 1. The van der Waals surface area contributed by atoms with Gasteiger partial charge in [0.1, 0.15) is 12.6 Å². The van der Waals surface area contributed by atoms with Crippen molar-refractivity contribution in [3.05, 3.63) is 107 Å². The lowest BCUT2D eigenvalue weighted by molar-refractivity contribution is -0.746. The number of hydrogen-bond acceptors (Lipinski definition) is 7. The Hall–Kier alpha value is -5.16. The summed E-state index contributed by atoms with van der Waals surface area (Å²) in [5, 5.41) is 19.9. The predicted octanol–water partition coefficient (Wildman–Crippen LogP) is 3.60. The number of aliphatic imine (C=N–C) groups is 1. The Balaban J connectivity index is 1.17. The molecule has 1 aliphatic heterocycles. The quantitative estimate of drug-likeness (QED) is 0.0964. The van der Waals surface area contributed by atoms with Gasteiger partial charge >= 0.3 is 5.88 Å². The van der Waals surface area contributed by atoms with Gasteiger partial charge in [-0.3, -0.25) is 19.0 Å². The molecular weight excluding hydrogens is 576 g/mol. The molecule has 1 aliphatic carbocycles. The van der Waals surface area contributed by atoms with Crippen LogP contribution in [-0.4, -0.2) is 50.0 Å². The van der Waals surface area contributed by atoms with Crippen molar-refractivity contribution in [3.8, 4) is 0 Å². The molecule has 2 aliphatic rings. The summed E-state index contributed by atoms with van der Waals surface area (Å²) in [5.41, 5.74) is 3.56. The SMILES string of the molecule is C[n+]1noc(/N=C(\[O-])c2ccccc2)c1CN1C(=S)N(C2CC2)C(=O)C1CC(=O)Nc1ccc(/C=C/c2ccccc2)cc1. The first kappa shape index (κ1) is 28.9. The van der Waals surface area contributed by atoms with Crippen molar-refractivity contribution in [2.45, 2.75) is 37.9 Å². The van der Waals surface area contributed by atoms with Gasteiger partial charge in [0.15, 0.2) is 12.2 Å². The second-order valence-corrected chi connectivity index (χ2v) is 11.1. The number of anilines is 1. The Labute approximate surface area is 259 Å². The van der Waals surface area contributed by atoms with Crippen LogP contribution in [0.1, 0.15) is 41.6 Å². The third kappa shape index (κ3) is 6.42. The van der Waals surface area contributed by atoms with Crippen LogP contribution in [0, 0.1) is 0 Å². The molecule has 2 amide bonds. The second-order valence-electron chi connectivity index (χ2n) is 10.7. The number of thiocarbonyl (C=S) groups is 1. The van der Waals surface area contributed by atoms with Crippen molar-refractivity contribution >= 4 is 58.8 Å². The summed E-state index contributed by atoms with van der Waals surface area (Å²) in [7, 11) is 1.66. The number of aryl methyl sites for hydroxylation is 1. The lowest BCUT2D eigenvalue weighted by Gasteiger charge is -2.21. The van der Waals surface area contributed by atoms with Crippen LogP contribution in [-0.2, 0) is 23.2 Å². The van der Waals surface area contributed by atoms with Gasteiger partial charge in [0.05, 0.1) is 6.42 Å². The molecule has 10 nitrogen and oxygen atoms in total. The molecule has 0 bridgehead atoms. The average Bonchev–Trinajstić information content (AvgIpc) is 3.78. The first-order chi connectivity index (χ1) is 21.4. The Morgan fingerprint density at radius 2 is 1.68 bits per heavy atom. The van der Waals surface area contributed by atoms with E-state index in [2.05, 4.69) is 15.6 Å². The standard InChI is InChI=1S/C33H30N6O4S/c1-37-28(31(43-36-37)35-30(41)24-10-6-3-7-11-24)21-38-27(32(42)39(33(38)44)26-18-19-26)20-29(40)34-25-16-14-23(15-17-25)13-12-22-8-4-2-5-9-22/h2-17,26-27H,18-21H2,1H3,(H-,34,35,36,40,41)/b13-12+. The molecule has 0 spiro atoms. The molecule has 1 unspecified atom stereocenters. The highest BCUT2D eigenvalue weighted by atomic mass is 32.1. The van der Waals surface area contributed by atoms with E-state index in [0.717, 1.165) is 24.0 Å². The summed E-state index contributed by atoms with van der Waals surface area (Å²) >= 11 is 5.75. The van der Waals surface area contributed by atoms with Gasteiger partial charge in [0, 0.05) is 11.7 Å². The molecule has 2 fully saturated rings. The van der Waals surface area contributed by atoms with Crippen molar-refractivity contribution in [2.75, 3.05) is 5.32 Å². The molecular formula is C33H30N6O4S. The highest BCUT2D eigenvalue weighted by Gasteiger charge is 2.50. The summed E-state index contributed by atoms with van der Waals surface area (Å²) in [6.07, 6.45) is 5.63. The van der Waals surface area contributed by atoms with Gasteiger partial charge in [-0.1, -0.05) is 84.9 Å². The van der Waals surface area contributed by atoms with E-state index in [1.807, 2.05) is 72.8 Å². The maximum absolute atomic E-state index is 13.6. The van der Waals surface area contributed by atoms with Crippen LogP contribution in [0.4, 0.5) is 11.6 Å². The highest BCUT2D eigenvalue weighted by molar-refractivity contribution is 7.80. The molecule has 44 heavy (non-hydrogen) atoms. The lowest BCUT2D eigenvalue weighted by atomic mass is 10.1. The zero-order valence-electron chi connectivity index (χ0n) is 24.0. The van der Waals surface area contributed by atoms with Gasteiger partial charge in [-0.15, -0.1) is 0 Å². The van der Waals surface area contributed by atoms with Crippen molar-refractivity contribution in [1.82, 2.24) is 15.1 Å². The minimum Gasteiger partial charge on any atom is -0.858 e. The molecule has 1 N–H and O–H groups in total. The molecule has 11 heteroatoms. The van der Waals surface area contributed by atoms with Crippen molar-refractivity contribution in [2.24, 2.45) is 12.0 Å². The van der Waals surface area contributed by atoms with E-state index in [1.54, 1.807) is 41.1 Å². The number of benzene rings is 3. The molecule has 4 aromatic rings. The van der Waals surface area contributed by atoms with Crippen molar-refractivity contribution in [3.63, 3.8) is 0 Å². The fourth-order valence-electron chi connectivity index (χ4n) is 5.02. The second kappa shape index (κ2) is 12.6. The fourth-order valence-corrected chi connectivity index (χ4v) is 5.45. The van der Waals surface area contributed by atoms with E-state index < -0.39 is 11.9 Å². The molecule has 3 aromatic carbocycles. The Bertz CT molecular complexity index is 1730. The zero-order chi connectivity index (χ0) is 30.6. The van der Waals surface area contributed by atoms with Crippen LogP contribution in [0.25, 0.3) is 12.2 Å². The maximum Gasteiger partial charge on any atom is 0.325 e. The Morgan fingerprint density at radius 3 is 2.34 bits per heavy atom. The van der Waals surface area contributed by atoms with E-state index in [9.17, 15) is 14.7 Å². The normalized spacial score (nSPS) is 17.1. The Morgan fingerprint density at radius 1 is 1.05 bits per heavy atom. The monoisotopic (exact) mass is 606 g/mol. The molecule has 6 rings (SSSR count). The summed E-state index contributed by atoms with van der Waals surface area (Å²) < 4.78 is 6.82. The van der Waals surface area contributed by atoms with E-state index >= 15 is 0 Å². The molecule has 1 saturated heterocycles. The third-order valence-corrected chi connectivity index (χ3v) is 7.97. The van der Waals surface area contributed by atoms with E-state index in [4.69, 9.17) is 16.7 Å². The third-order valence-electron chi connectivity index (χ3n) is 7.53. The molecule has 1 atom stereocenters. The highest BCUT2D eigenvalue weighted by Crippen LogP contribution is 2.35.